The van der Waals surface area contributed by atoms with Gasteiger partial charge in [0.1, 0.15) is 5.75 Å². The lowest BCUT2D eigenvalue weighted by Crippen LogP contribution is -2.08. The van der Waals surface area contributed by atoms with Crippen molar-refractivity contribution in [3.63, 3.8) is 0 Å². The highest BCUT2D eigenvalue weighted by Crippen LogP contribution is 2.28. The summed E-state index contributed by atoms with van der Waals surface area (Å²) in [5.74, 6) is -0.0775. The van der Waals surface area contributed by atoms with E-state index in [0.29, 0.717) is 17.9 Å². The van der Waals surface area contributed by atoms with E-state index in [4.69, 9.17) is 9.47 Å². The second-order valence-corrected chi connectivity index (χ2v) is 4.50. The van der Waals surface area contributed by atoms with E-state index < -0.39 is 5.97 Å². The molecule has 0 unspecified atom stereocenters. The molecule has 0 spiro atoms. The van der Waals surface area contributed by atoms with E-state index in [2.05, 4.69) is 9.97 Å². The summed E-state index contributed by atoms with van der Waals surface area (Å²) < 4.78 is 10.5. The van der Waals surface area contributed by atoms with Crippen molar-refractivity contribution in [3.8, 4) is 23.0 Å². The van der Waals surface area contributed by atoms with Crippen LogP contribution in [0.2, 0.25) is 0 Å². The van der Waals surface area contributed by atoms with Gasteiger partial charge < -0.3 is 14.6 Å². The maximum absolute atomic E-state index is 11.8. The van der Waals surface area contributed by atoms with Crippen molar-refractivity contribution >= 4 is 5.97 Å². The van der Waals surface area contributed by atoms with Crippen molar-refractivity contribution in [1.82, 2.24) is 9.97 Å². The third-order valence-corrected chi connectivity index (χ3v) is 2.79. The number of nitrogens with zero attached hydrogens (tertiary/aromatic N) is 2. The van der Waals surface area contributed by atoms with E-state index >= 15 is 0 Å². The molecule has 1 aromatic carbocycles. The predicted molar refractivity (Wildman–Crippen MR) is 80.9 cm³/mol. The van der Waals surface area contributed by atoms with Crippen LogP contribution in [0.25, 0.3) is 11.4 Å². The van der Waals surface area contributed by atoms with Crippen LogP contribution in [0.4, 0.5) is 0 Å². The first kappa shape index (κ1) is 15.8. The highest BCUT2D eigenvalue weighted by atomic mass is 16.5. The summed E-state index contributed by atoms with van der Waals surface area (Å²) in [6.45, 7) is 4.50. The summed E-state index contributed by atoms with van der Waals surface area (Å²) >= 11 is 0. The molecule has 0 aliphatic carbocycles. The Morgan fingerprint density at radius 2 is 2.00 bits per heavy atom. The molecule has 2 rings (SSSR count). The van der Waals surface area contributed by atoms with Crippen LogP contribution in [0.15, 0.2) is 30.3 Å². The lowest BCUT2D eigenvalue weighted by molar-refractivity contribution is 0.0518. The van der Waals surface area contributed by atoms with Crippen LogP contribution in [-0.2, 0) is 4.74 Å². The van der Waals surface area contributed by atoms with Crippen molar-refractivity contribution in [2.45, 2.75) is 20.3 Å². The molecular weight excluding hydrogens is 284 g/mol. The first-order valence-electron chi connectivity index (χ1n) is 7.13. The van der Waals surface area contributed by atoms with E-state index in [9.17, 15) is 9.90 Å². The molecule has 22 heavy (non-hydrogen) atoms. The highest BCUT2D eigenvalue weighted by molar-refractivity contribution is 5.88. The van der Waals surface area contributed by atoms with Gasteiger partial charge in [-0.05, 0) is 25.5 Å². The maximum atomic E-state index is 11.8. The second-order valence-electron chi connectivity index (χ2n) is 4.50. The molecule has 1 N–H and O–H groups in total. The first-order valence-corrected chi connectivity index (χ1v) is 7.13. The Bertz CT molecular complexity index is 658. The third-order valence-electron chi connectivity index (χ3n) is 2.79. The van der Waals surface area contributed by atoms with Gasteiger partial charge in [0.2, 0.25) is 5.88 Å². The molecule has 0 saturated carbocycles. The molecule has 0 amide bonds. The van der Waals surface area contributed by atoms with Crippen molar-refractivity contribution in [1.29, 1.82) is 0 Å². The first-order chi connectivity index (χ1) is 10.7. The van der Waals surface area contributed by atoms with Crippen molar-refractivity contribution in [3.05, 3.63) is 36.0 Å². The van der Waals surface area contributed by atoms with Crippen molar-refractivity contribution in [2.24, 2.45) is 0 Å². The van der Waals surface area contributed by atoms with Crippen LogP contribution in [0, 0.1) is 0 Å². The van der Waals surface area contributed by atoms with E-state index in [1.54, 1.807) is 19.1 Å². The number of esters is 1. The largest absolute Gasteiger partial charge is 0.493 e. The second kappa shape index (κ2) is 7.40. The van der Waals surface area contributed by atoms with Crippen LogP contribution in [-0.4, -0.2) is 34.3 Å². The Morgan fingerprint density at radius 3 is 2.73 bits per heavy atom. The van der Waals surface area contributed by atoms with Gasteiger partial charge in [-0.2, -0.15) is 4.98 Å². The molecule has 0 fully saturated rings. The number of aromatic nitrogens is 2. The number of benzene rings is 1. The highest BCUT2D eigenvalue weighted by Gasteiger charge is 2.16. The number of ether oxygens (including phenoxy) is 2. The van der Waals surface area contributed by atoms with Gasteiger partial charge in [-0.3, -0.25) is 0 Å². The summed E-state index contributed by atoms with van der Waals surface area (Å²) in [6.07, 6.45) is 0.864. The molecule has 0 bridgehead atoms. The molecule has 1 heterocycles. The number of hydrogen-bond donors (Lipinski definition) is 1. The van der Waals surface area contributed by atoms with Crippen molar-refractivity contribution < 1.29 is 19.4 Å². The zero-order chi connectivity index (χ0) is 15.9. The summed E-state index contributed by atoms with van der Waals surface area (Å²) in [5.41, 5.74) is 0.618. The summed E-state index contributed by atoms with van der Waals surface area (Å²) in [7, 11) is 0. The SMILES string of the molecule is CCCOc1ccccc1-c1nc(O)cc(C(=O)OCC)n1. The predicted octanol–water partition coefficient (Wildman–Crippen LogP) is 2.81. The molecule has 2 aromatic rings. The zero-order valence-electron chi connectivity index (χ0n) is 12.6. The Labute approximate surface area is 128 Å². The van der Waals surface area contributed by atoms with Gasteiger partial charge in [-0.25, -0.2) is 9.78 Å². The number of rotatable bonds is 6. The molecule has 0 aliphatic heterocycles. The average Bonchev–Trinajstić information content (AvgIpc) is 2.53. The van der Waals surface area contributed by atoms with Gasteiger partial charge in [0.25, 0.3) is 0 Å². The molecule has 0 radical (unpaired) electrons. The quantitative estimate of drug-likeness (QED) is 0.826. The summed E-state index contributed by atoms with van der Waals surface area (Å²) in [6, 6.07) is 8.39. The topological polar surface area (TPSA) is 81.5 Å². The summed E-state index contributed by atoms with van der Waals surface area (Å²) in [5, 5.41) is 9.74. The number of para-hydroxylation sites is 1. The standard InChI is InChI=1S/C16H18N2O4/c1-3-9-22-13-8-6-5-7-11(13)15-17-12(10-14(19)18-15)16(20)21-4-2/h5-8,10H,3-4,9H2,1-2H3,(H,17,18,19). The Morgan fingerprint density at radius 1 is 1.23 bits per heavy atom. The minimum Gasteiger partial charge on any atom is -0.493 e. The zero-order valence-corrected chi connectivity index (χ0v) is 12.6. The normalized spacial score (nSPS) is 10.3. The molecular formula is C16H18N2O4. The molecule has 1 aromatic heterocycles. The van der Waals surface area contributed by atoms with Gasteiger partial charge in [0.15, 0.2) is 11.5 Å². The lowest BCUT2D eigenvalue weighted by Gasteiger charge is -2.10. The molecule has 0 aliphatic rings. The molecule has 6 heteroatoms. The number of carbonyl (C=O) groups is 1. The molecule has 0 atom stereocenters. The average molecular weight is 302 g/mol. The van der Waals surface area contributed by atoms with Gasteiger partial charge in [-0.1, -0.05) is 19.1 Å². The minimum atomic E-state index is -0.603. The van der Waals surface area contributed by atoms with E-state index in [1.807, 2.05) is 19.1 Å². The fourth-order valence-electron chi connectivity index (χ4n) is 1.85. The van der Waals surface area contributed by atoms with E-state index in [1.165, 1.54) is 6.07 Å². The minimum absolute atomic E-state index is 0.00893. The van der Waals surface area contributed by atoms with Gasteiger partial charge in [0.05, 0.1) is 18.8 Å². The van der Waals surface area contributed by atoms with Crippen LogP contribution in [0.1, 0.15) is 30.8 Å². The molecule has 6 nitrogen and oxygen atoms in total. The van der Waals surface area contributed by atoms with Crippen molar-refractivity contribution in [2.75, 3.05) is 13.2 Å². The Kier molecular flexibility index (Phi) is 5.30. The van der Waals surface area contributed by atoms with Crippen LogP contribution in [0.5, 0.6) is 11.6 Å². The van der Waals surface area contributed by atoms with Gasteiger partial charge in [0, 0.05) is 6.07 Å². The van der Waals surface area contributed by atoms with Gasteiger partial charge >= 0.3 is 5.97 Å². The number of aromatic hydroxyl groups is 1. The number of carbonyl (C=O) groups excluding carboxylic acids is 1. The lowest BCUT2D eigenvalue weighted by atomic mass is 10.2. The van der Waals surface area contributed by atoms with Crippen LogP contribution < -0.4 is 4.74 Å². The van der Waals surface area contributed by atoms with Crippen LogP contribution >= 0.6 is 0 Å². The Hall–Kier alpha value is -2.63. The van der Waals surface area contributed by atoms with Crippen LogP contribution in [0.3, 0.4) is 0 Å². The van der Waals surface area contributed by atoms with E-state index in [0.717, 1.165) is 6.42 Å². The van der Waals surface area contributed by atoms with E-state index in [-0.39, 0.29) is 24.0 Å². The Balaban J connectivity index is 2.42. The third kappa shape index (κ3) is 3.72. The fourth-order valence-corrected chi connectivity index (χ4v) is 1.85. The smallest absolute Gasteiger partial charge is 0.357 e. The molecule has 116 valence electrons. The maximum Gasteiger partial charge on any atom is 0.357 e. The number of hydrogen-bond acceptors (Lipinski definition) is 6. The summed E-state index contributed by atoms with van der Waals surface area (Å²) in [4.78, 5) is 19.9. The molecule has 0 saturated heterocycles. The monoisotopic (exact) mass is 302 g/mol. The van der Waals surface area contributed by atoms with Gasteiger partial charge in [-0.15, -0.1) is 0 Å². The fraction of sp³-hybridized carbons (Fsp3) is 0.312.